The Kier molecular flexibility index (Phi) is 5.50. The number of hydrogen-bond acceptors (Lipinski definition) is 3. The Labute approximate surface area is 193 Å². The van der Waals surface area contributed by atoms with Crippen molar-refractivity contribution < 1.29 is 4.79 Å². The van der Waals surface area contributed by atoms with Gasteiger partial charge in [-0.15, -0.1) is 0 Å². The predicted octanol–water partition coefficient (Wildman–Crippen LogP) is 4.52. The van der Waals surface area contributed by atoms with Crippen molar-refractivity contribution in [3.05, 3.63) is 118 Å². The van der Waals surface area contributed by atoms with Gasteiger partial charge in [0, 0.05) is 25.2 Å². The maximum Gasteiger partial charge on any atom is 0.258 e. The molecule has 0 saturated heterocycles. The number of hydrogen-bond donors (Lipinski definition) is 0. The van der Waals surface area contributed by atoms with Crippen molar-refractivity contribution in [2.45, 2.75) is 25.9 Å². The zero-order chi connectivity index (χ0) is 22.8. The number of carbonyl (C=O) groups excluding carboxylic acids is 1. The molecule has 0 spiro atoms. The Bertz CT molecular complexity index is 1350. The molecule has 4 aromatic rings. The molecule has 1 atom stereocenters. The Morgan fingerprint density at radius 3 is 2.45 bits per heavy atom. The maximum absolute atomic E-state index is 13.4. The van der Waals surface area contributed by atoms with E-state index in [0.29, 0.717) is 13.0 Å². The first-order valence-corrected chi connectivity index (χ1v) is 11.0. The van der Waals surface area contributed by atoms with Crippen LogP contribution in [0.4, 0.5) is 0 Å². The highest BCUT2D eigenvalue weighted by atomic mass is 16.2. The van der Waals surface area contributed by atoms with Crippen molar-refractivity contribution >= 4 is 5.91 Å². The van der Waals surface area contributed by atoms with Gasteiger partial charge in [0.2, 0.25) is 0 Å². The zero-order valence-corrected chi connectivity index (χ0v) is 18.7. The molecule has 1 aliphatic rings. The molecule has 1 amide bonds. The third kappa shape index (κ3) is 4.16. The average molecular weight is 433 g/mol. The molecule has 2 aromatic carbocycles. The van der Waals surface area contributed by atoms with Crippen LogP contribution in [0.1, 0.15) is 57.1 Å². The molecule has 0 bridgehead atoms. The van der Waals surface area contributed by atoms with Crippen LogP contribution in [0.25, 0.3) is 0 Å². The van der Waals surface area contributed by atoms with Gasteiger partial charge in [0.15, 0.2) is 0 Å². The van der Waals surface area contributed by atoms with Crippen LogP contribution in [0.5, 0.6) is 0 Å². The predicted molar refractivity (Wildman–Crippen MR) is 127 cm³/mol. The Morgan fingerprint density at radius 1 is 0.970 bits per heavy atom. The quantitative estimate of drug-likeness (QED) is 0.446. The summed E-state index contributed by atoms with van der Waals surface area (Å²) >= 11 is 0. The number of fused-ring (bicyclic) bond motifs is 1. The summed E-state index contributed by atoms with van der Waals surface area (Å²) in [5.74, 6) is 6.27. The third-order valence-electron chi connectivity index (χ3n) is 6.11. The minimum Gasteiger partial charge on any atom is -0.326 e. The summed E-state index contributed by atoms with van der Waals surface area (Å²) in [6.07, 6.45) is 2.43. The zero-order valence-electron chi connectivity index (χ0n) is 18.7. The van der Waals surface area contributed by atoms with E-state index in [4.69, 9.17) is 0 Å². The fourth-order valence-electron chi connectivity index (χ4n) is 4.26. The first kappa shape index (κ1) is 20.7. The lowest BCUT2D eigenvalue weighted by molar-refractivity contribution is 0.0711. The standard InChI is InChI=1S/C28H24N4O/c1-20(23-14-11-21(12-15-23)13-16-24-10-6-7-17-29-24)32-19-25-27(28(32)33)26(31(2)30-25)18-22-8-4-3-5-9-22/h3-12,14-15,17,20H,18-19H2,1-2H3/t20-/m0/s1. The summed E-state index contributed by atoms with van der Waals surface area (Å²) in [7, 11) is 1.92. The number of rotatable bonds is 4. The molecule has 0 fully saturated rings. The van der Waals surface area contributed by atoms with E-state index >= 15 is 0 Å². The van der Waals surface area contributed by atoms with Crippen molar-refractivity contribution in [3.63, 3.8) is 0 Å². The van der Waals surface area contributed by atoms with Gasteiger partial charge < -0.3 is 4.90 Å². The molecule has 33 heavy (non-hydrogen) atoms. The van der Waals surface area contributed by atoms with Gasteiger partial charge in [0.1, 0.15) is 5.69 Å². The van der Waals surface area contributed by atoms with Crippen LogP contribution in [0, 0.1) is 11.8 Å². The minimum absolute atomic E-state index is 0.0514. The van der Waals surface area contributed by atoms with Gasteiger partial charge in [-0.05, 0) is 48.2 Å². The molecule has 5 nitrogen and oxygen atoms in total. The van der Waals surface area contributed by atoms with Gasteiger partial charge in [-0.2, -0.15) is 5.10 Å². The van der Waals surface area contributed by atoms with E-state index in [0.717, 1.165) is 33.8 Å². The Balaban J connectivity index is 1.33. The Hall–Kier alpha value is -4.17. The van der Waals surface area contributed by atoms with Crippen LogP contribution in [0.15, 0.2) is 79.0 Å². The molecule has 0 N–H and O–H groups in total. The van der Waals surface area contributed by atoms with Crippen molar-refractivity contribution in [3.8, 4) is 11.8 Å². The smallest absolute Gasteiger partial charge is 0.258 e. The fraction of sp³-hybridized carbons (Fsp3) is 0.179. The summed E-state index contributed by atoms with van der Waals surface area (Å²) in [4.78, 5) is 19.5. The molecule has 5 heteroatoms. The molecule has 0 unspecified atom stereocenters. The number of pyridine rings is 1. The molecular weight excluding hydrogens is 408 g/mol. The number of aromatic nitrogens is 3. The average Bonchev–Trinajstić information content (AvgIpc) is 3.34. The van der Waals surface area contributed by atoms with Crippen LogP contribution < -0.4 is 0 Å². The number of benzene rings is 2. The van der Waals surface area contributed by atoms with Gasteiger partial charge >= 0.3 is 0 Å². The highest BCUT2D eigenvalue weighted by molar-refractivity contribution is 5.99. The van der Waals surface area contributed by atoms with Crippen LogP contribution in [0.2, 0.25) is 0 Å². The topological polar surface area (TPSA) is 51.0 Å². The summed E-state index contributed by atoms with van der Waals surface area (Å²) in [6.45, 7) is 2.59. The second kappa shape index (κ2) is 8.76. The largest absolute Gasteiger partial charge is 0.326 e. The summed E-state index contributed by atoms with van der Waals surface area (Å²) < 4.78 is 1.85. The molecule has 5 rings (SSSR count). The van der Waals surface area contributed by atoms with Crippen LogP contribution >= 0.6 is 0 Å². The van der Waals surface area contributed by atoms with Gasteiger partial charge in [-0.1, -0.05) is 54.5 Å². The van der Waals surface area contributed by atoms with E-state index in [-0.39, 0.29) is 11.9 Å². The SMILES string of the molecule is C[C@@H](c1ccc(C#Cc2ccccn2)cc1)N1Cc2nn(C)c(Cc3ccccc3)c2C1=O. The van der Waals surface area contributed by atoms with E-state index in [1.807, 2.05) is 77.3 Å². The number of aryl methyl sites for hydroxylation is 1. The first-order chi connectivity index (χ1) is 16.1. The highest BCUT2D eigenvalue weighted by Gasteiger charge is 2.36. The second-order valence-corrected chi connectivity index (χ2v) is 8.25. The molecule has 1 aliphatic heterocycles. The normalized spacial score (nSPS) is 13.4. The summed E-state index contributed by atoms with van der Waals surface area (Å²) in [6, 6.07) is 23.9. The number of amides is 1. The highest BCUT2D eigenvalue weighted by Crippen LogP contribution is 2.33. The van der Waals surface area contributed by atoms with Gasteiger partial charge in [-0.3, -0.25) is 9.48 Å². The molecule has 0 aliphatic carbocycles. The van der Waals surface area contributed by atoms with E-state index in [1.165, 1.54) is 5.56 Å². The van der Waals surface area contributed by atoms with E-state index in [9.17, 15) is 4.79 Å². The van der Waals surface area contributed by atoms with Gasteiger partial charge in [-0.25, -0.2) is 4.98 Å². The molecule has 0 radical (unpaired) electrons. The van der Waals surface area contributed by atoms with Crippen LogP contribution in [-0.4, -0.2) is 25.6 Å². The van der Waals surface area contributed by atoms with Crippen molar-refractivity contribution in [2.75, 3.05) is 0 Å². The van der Waals surface area contributed by atoms with Gasteiger partial charge in [0.25, 0.3) is 5.91 Å². The van der Waals surface area contributed by atoms with Gasteiger partial charge in [0.05, 0.1) is 29.5 Å². The maximum atomic E-state index is 13.4. The Morgan fingerprint density at radius 2 is 1.73 bits per heavy atom. The van der Waals surface area contributed by atoms with Crippen LogP contribution in [0.3, 0.4) is 0 Å². The number of carbonyl (C=O) groups is 1. The lowest BCUT2D eigenvalue weighted by Crippen LogP contribution is -2.28. The molecule has 0 saturated carbocycles. The van der Waals surface area contributed by atoms with Crippen molar-refractivity contribution in [1.29, 1.82) is 0 Å². The lowest BCUT2D eigenvalue weighted by Gasteiger charge is -2.25. The summed E-state index contributed by atoms with van der Waals surface area (Å²) in [5.41, 5.74) is 6.49. The molecule has 162 valence electrons. The van der Waals surface area contributed by atoms with E-state index in [2.05, 4.69) is 41.0 Å². The first-order valence-electron chi connectivity index (χ1n) is 11.0. The minimum atomic E-state index is -0.0561. The monoisotopic (exact) mass is 432 g/mol. The molecule has 3 heterocycles. The fourth-order valence-corrected chi connectivity index (χ4v) is 4.26. The third-order valence-corrected chi connectivity index (χ3v) is 6.11. The van der Waals surface area contributed by atoms with Crippen LogP contribution in [-0.2, 0) is 20.0 Å². The second-order valence-electron chi connectivity index (χ2n) is 8.25. The summed E-state index contributed by atoms with van der Waals surface area (Å²) in [5, 5.41) is 4.66. The molecule has 2 aromatic heterocycles. The molecular formula is C28H24N4O. The van der Waals surface area contributed by atoms with E-state index in [1.54, 1.807) is 6.20 Å². The van der Waals surface area contributed by atoms with Crippen molar-refractivity contribution in [1.82, 2.24) is 19.7 Å². The van der Waals surface area contributed by atoms with Crippen molar-refractivity contribution in [2.24, 2.45) is 7.05 Å². The lowest BCUT2D eigenvalue weighted by atomic mass is 10.0. The van der Waals surface area contributed by atoms with E-state index < -0.39 is 0 Å². The number of nitrogens with zero attached hydrogens (tertiary/aromatic N) is 4.